The maximum absolute atomic E-state index is 6.01. The summed E-state index contributed by atoms with van der Waals surface area (Å²) in [6, 6.07) is 5.88. The molecule has 3 nitrogen and oxygen atoms in total. The molecule has 1 aromatic carbocycles. The summed E-state index contributed by atoms with van der Waals surface area (Å²) in [6.45, 7) is 5.56. The highest BCUT2D eigenvalue weighted by Gasteiger charge is 2.22. The van der Waals surface area contributed by atoms with Gasteiger partial charge in [0.1, 0.15) is 11.9 Å². The first-order valence-electron chi connectivity index (χ1n) is 7.27. The Bertz CT molecular complexity index is 451. The Morgan fingerprint density at radius 3 is 3.05 bits per heavy atom. The van der Waals surface area contributed by atoms with Gasteiger partial charge in [-0.1, -0.05) is 11.6 Å². The van der Waals surface area contributed by atoms with Crippen molar-refractivity contribution in [1.29, 1.82) is 0 Å². The topological polar surface area (TPSA) is 24.5 Å². The van der Waals surface area contributed by atoms with Crippen molar-refractivity contribution < 1.29 is 4.74 Å². The van der Waals surface area contributed by atoms with Crippen LogP contribution in [0.15, 0.2) is 18.2 Å². The van der Waals surface area contributed by atoms with E-state index in [1.807, 2.05) is 18.2 Å². The molecule has 20 heavy (non-hydrogen) atoms. The zero-order chi connectivity index (χ0) is 13.8. The number of nitrogens with zero attached hydrogens (tertiary/aromatic N) is 1. The molecule has 0 bridgehead atoms. The summed E-state index contributed by atoms with van der Waals surface area (Å²) in [7, 11) is 0. The number of nitrogens with one attached hydrogen (secondary N) is 1. The number of ether oxygens (including phenoxy) is 1. The lowest BCUT2D eigenvalue weighted by Crippen LogP contribution is -2.40. The minimum absolute atomic E-state index is 0.250. The van der Waals surface area contributed by atoms with Gasteiger partial charge in [-0.2, -0.15) is 11.8 Å². The normalized spacial score (nSPS) is 22.6. The average molecular weight is 313 g/mol. The highest BCUT2D eigenvalue weighted by atomic mass is 35.5. The van der Waals surface area contributed by atoms with Gasteiger partial charge < -0.3 is 15.0 Å². The molecule has 0 saturated carbocycles. The molecule has 3 rings (SSSR count). The fourth-order valence-corrected chi connectivity index (χ4v) is 3.90. The van der Waals surface area contributed by atoms with Crippen LogP contribution >= 0.6 is 23.4 Å². The van der Waals surface area contributed by atoms with Crippen molar-refractivity contribution in [1.82, 2.24) is 10.2 Å². The van der Waals surface area contributed by atoms with Crippen molar-refractivity contribution in [3.8, 4) is 5.75 Å². The number of benzene rings is 1. The summed E-state index contributed by atoms with van der Waals surface area (Å²) in [5.41, 5.74) is 1.23. The van der Waals surface area contributed by atoms with Gasteiger partial charge in [0.25, 0.3) is 0 Å². The predicted molar refractivity (Wildman–Crippen MR) is 86.2 cm³/mol. The van der Waals surface area contributed by atoms with E-state index < -0.39 is 0 Å². The van der Waals surface area contributed by atoms with Crippen LogP contribution in [-0.4, -0.2) is 55.2 Å². The van der Waals surface area contributed by atoms with Gasteiger partial charge in [-0.25, -0.2) is 0 Å². The van der Waals surface area contributed by atoms with Crippen molar-refractivity contribution in [2.75, 3.05) is 44.2 Å². The van der Waals surface area contributed by atoms with Gasteiger partial charge in [-0.3, -0.25) is 0 Å². The zero-order valence-corrected chi connectivity index (χ0v) is 13.2. The van der Waals surface area contributed by atoms with Gasteiger partial charge in [0.15, 0.2) is 0 Å². The molecule has 0 aliphatic carbocycles. The van der Waals surface area contributed by atoms with Crippen molar-refractivity contribution >= 4 is 23.4 Å². The second kappa shape index (κ2) is 7.03. The lowest BCUT2D eigenvalue weighted by Gasteiger charge is -2.26. The average Bonchev–Trinajstić information content (AvgIpc) is 2.86. The molecule has 0 radical (unpaired) electrons. The van der Waals surface area contributed by atoms with Gasteiger partial charge in [-0.15, -0.1) is 0 Å². The molecule has 2 aliphatic rings. The van der Waals surface area contributed by atoms with E-state index in [-0.39, 0.29) is 6.10 Å². The van der Waals surface area contributed by atoms with Crippen LogP contribution in [0.2, 0.25) is 5.02 Å². The summed E-state index contributed by atoms with van der Waals surface area (Å²) in [4.78, 5) is 2.54. The van der Waals surface area contributed by atoms with E-state index in [1.54, 1.807) is 0 Å². The summed E-state index contributed by atoms with van der Waals surface area (Å²) in [6.07, 6.45) is 1.21. The third-order valence-corrected chi connectivity index (χ3v) is 5.02. The zero-order valence-electron chi connectivity index (χ0n) is 11.6. The molecule has 0 amide bonds. The minimum atomic E-state index is 0.250. The SMILES string of the molecule is Clc1ccc2c(c1)CC(CNCCN1CCSCC1)O2. The Balaban J connectivity index is 1.36. The summed E-state index contributed by atoms with van der Waals surface area (Å²) < 4.78 is 5.92. The minimum Gasteiger partial charge on any atom is -0.488 e. The molecule has 1 saturated heterocycles. The molecular weight excluding hydrogens is 292 g/mol. The van der Waals surface area contributed by atoms with E-state index in [0.717, 1.165) is 36.8 Å². The summed E-state index contributed by atoms with van der Waals surface area (Å²) in [5.74, 6) is 3.55. The summed E-state index contributed by atoms with van der Waals surface area (Å²) >= 11 is 8.06. The Morgan fingerprint density at radius 2 is 2.20 bits per heavy atom. The highest BCUT2D eigenvalue weighted by molar-refractivity contribution is 7.99. The highest BCUT2D eigenvalue weighted by Crippen LogP contribution is 2.30. The lowest BCUT2D eigenvalue weighted by atomic mass is 10.1. The second-order valence-electron chi connectivity index (χ2n) is 5.35. The molecule has 1 atom stereocenters. The van der Waals surface area contributed by atoms with E-state index in [1.165, 1.54) is 30.2 Å². The maximum atomic E-state index is 6.01. The number of thioether (sulfide) groups is 1. The monoisotopic (exact) mass is 312 g/mol. The van der Waals surface area contributed by atoms with Crippen LogP contribution in [0.25, 0.3) is 0 Å². The molecule has 2 aliphatic heterocycles. The predicted octanol–water partition coefficient (Wildman–Crippen LogP) is 2.28. The van der Waals surface area contributed by atoms with E-state index in [9.17, 15) is 0 Å². The Kier molecular flexibility index (Phi) is 5.10. The maximum Gasteiger partial charge on any atom is 0.123 e. The molecule has 0 spiro atoms. The number of halogens is 1. The Labute approximate surface area is 130 Å². The molecule has 1 fully saturated rings. The van der Waals surface area contributed by atoms with Crippen LogP contribution in [0.3, 0.4) is 0 Å². The molecule has 5 heteroatoms. The van der Waals surface area contributed by atoms with Crippen LogP contribution in [-0.2, 0) is 6.42 Å². The fraction of sp³-hybridized carbons (Fsp3) is 0.600. The number of hydrogen-bond donors (Lipinski definition) is 1. The van der Waals surface area contributed by atoms with Crippen LogP contribution < -0.4 is 10.1 Å². The first kappa shape index (κ1) is 14.5. The van der Waals surface area contributed by atoms with Crippen LogP contribution in [0.4, 0.5) is 0 Å². The molecular formula is C15H21ClN2OS. The van der Waals surface area contributed by atoms with Crippen molar-refractivity contribution in [3.63, 3.8) is 0 Å². The van der Waals surface area contributed by atoms with Crippen LogP contribution in [0.1, 0.15) is 5.56 Å². The Morgan fingerprint density at radius 1 is 1.35 bits per heavy atom. The van der Waals surface area contributed by atoms with E-state index in [0.29, 0.717) is 0 Å². The number of rotatable bonds is 5. The first-order valence-corrected chi connectivity index (χ1v) is 8.80. The van der Waals surface area contributed by atoms with E-state index in [4.69, 9.17) is 16.3 Å². The van der Waals surface area contributed by atoms with E-state index in [2.05, 4.69) is 22.0 Å². The molecule has 1 N–H and O–H groups in total. The lowest BCUT2D eigenvalue weighted by molar-refractivity contribution is 0.222. The van der Waals surface area contributed by atoms with Gasteiger partial charge in [0, 0.05) is 55.7 Å². The third kappa shape index (κ3) is 3.82. The van der Waals surface area contributed by atoms with Gasteiger partial charge >= 0.3 is 0 Å². The Hall–Kier alpha value is -0.420. The number of hydrogen-bond acceptors (Lipinski definition) is 4. The van der Waals surface area contributed by atoms with Crippen molar-refractivity contribution in [2.24, 2.45) is 0 Å². The molecule has 110 valence electrons. The smallest absolute Gasteiger partial charge is 0.123 e. The van der Waals surface area contributed by atoms with Crippen molar-refractivity contribution in [3.05, 3.63) is 28.8 Å². The van der Waals surface area contributed by atoms with Gasteiger partial charge in [0.2, 0.25) is 0 Å². The molecule has 1 unspecified atom stereocenters. The van der Waals surface area contributed by atoms with E-state index >= 15 is 0 Å². The second-order valence-corrected chi connectivity index (χ2v) is 7.02. The third-order valence-electron chi connectivity index (χ3n) is 3.84. The van der Waals surface area contributed by atoms with Crippen molar-refractivity contribution in [2.45, 2.75) is 12.5 Å². The largest absolute Gasteiger partial charge is 0.488 e. The van der Waals surface area contributed by atoms with Crippen LogP contribution in [0.5, 0.6) is 5.75 Å². The molecule has 0 aromatic heterocycles. The van der Waals surface area contributed by atoms with Gasteiger partial charge in [0.05, 0.1) is 0 Å². The molecule has 1 aromatic rings. The standard InChI is InChI=1S/C15H21ClN2OS/c16-13-1-2-15-12(9-13)10-14(19-15)11-17-3-4-18-5-7-20-8-6-18/h1-2,9,14,17H,3-8,10-11H2. The fourth-order valence-electron chi connectivity index (χ4n) is 2.73. The van der Waals surface area contributed by atoms with Gasteiger partial charge in [-0.05, 0) is 23.8 Å². The summed E-state index contributed by atoms with van der Waals surface area (Å²) in [5, 5.41) is 4.31. The first-order chi connectivity index (χ1) is 9.81. The molecule has 2 heterocycles. The van der Waals surface area contributed by atoms with Crippen LogP contribution in [0, 0.1) is 0 Å². The number of fused-ring (bicyclic) bond motifs is 1. The quantitative estimate of drug-likeness (QED) is 0.843.